The first-order valence-electron chi connectivity index (χ1n) is 5.30. The van der Waals surface area contributed by atoms with Gasteiger partial charge in [0.2, 0.25) is 0 Å². The number of halogens is 4. The molecule has 0 aliphatic rings. The van der Waals surface area contributed by atoms with E-state index in [9.17, 15) is 13.2 Å². The lowest BCUT2D eigenvalue weighted by Gasteiger charge is -2.06. The van der Waals surface area contributed by atoms with Crippen LogP contribution in [0.2, 0.25) is 0 Å². The van der Waals surface area contributed by atoms with E-state index < -0.39 is 11.7 Å². The number of rotatable bonds is 2. The SMILES string of the molecule is CBr.NCc1ncc(-c2ccc(C(F)(F)F)cc2)[nH]1. The van der Waals surface area contributed by atoms with Gasteiger partial charge in [-0.1, -0.05) is 28.1 Å². The van der Waals surface area contributed by atoms with Crippen LogP contribution in [0.4, 0.5) is 13.2 Å². The van der Waals surface area contributed by atoms with E-state index in [-0.39, 0.29) is 6.54 Å². The first-order chi connectivity index (χ1) is 9.00. The highest BCUT2D eigenvalue weighted by molar-refractivity contribution is 9.08. The Kier molecular flexibility index (Phi) is 5.56. The van der Waals surface area contributed by atoms with E-state index in [2.05, 4.69) is 25.9 Å². The molecular weight excluding hydrogens is 323 g/mol. The molecule has 1 aromatic heterocycles. The van der Waals surface area contributed by atoms with Gasteiger partial charge >= 0.3 is 6.18 Å². The van der Waals surface area contributed by atoms with Gasteiger partial charge in [0.1, 0.15) is 5.82 Å². The van der Waals surface area contributed by atoms with E-state index >= 15 is 0 Å². The Morgan fingerprint density at radius 2 is 1.79 bits per heavy atom. The Labute approximate surface area is 117 Å². The second-order valence-electron chi connectivity index (χ2n) is 3.52. The number of alkyl halides is 4. The Bertz CT molecular complexity index is 506. The van der Waals surface area contributed by atoms with Crippen molar-refractivity contribution in [1.82, 2.24) is 9.97 Å². The van der Waals surface area contributed by atoms with Crippen LogP contribution in [0.25, 0.3) is 11.3 Å². The van der Waals surface area contributed by atoms with Crippen LogP contribution >= 0.6 is 15.9 Å². The normalized spacial score (nSPS) is 10.8. The molecule has 3 nitrogen and oxygen atoms in total. The predicted octanol–water partition coefficient (Wildman–Crippen LogP) is 3.57. The van der Waals surface area contributed by atoms with Gasteiger partial charge in [-0.25, -0.2) is 4.98 Å². The highest BCUT2D eigenvalue weighted by atomic mass is 79.9. The summed E-state index contributed by atoms with van der Waals surface area (Å²) >= 11 is 2.94. The largest absolute Gasteiger partial charge is 0.416 e. The van der Waals surface area contributed by atoms with Gasteiger partial charge in [0, 0.05) is 0 Å². The van der Waals surface area contributed by atoms with E-state index in [0.717, 1.165) is 12.1 Å². The molecule has 0 bridgehead atoms. The van der Waals surface area contributed by atoms with Gasteiger partial charge in [-0.2, -0.15) is 13.2 Å². The smallest absolute Gasteiger partial charge is 0.341 e. The quantitative estimate of drug-likeness (QED) is 0.824. The lowest BCUT2D eigenvalue weighted by atomic mass is 10.1. The van der Waals surface area contributed by atoms with Gasteiger partial charge in [0.15, 0.2) is 0 Å². The third kappa shape index (κ3) is 4.07. The number of nitrogens with zero attached hydrogens (tertiary/aromatic N) is 1. The summed E-state index contributed by atoms with van der Waals surface area (Å²) in [5, 5.41) is 0. The third-order valence-corrected chi connectivity index (χ3v) is 2.35. The lowest BCUT2D eigenvalue weighted by molar-refractivity contribution is -0.137. The molecule has 0 saturated heterocycles. The molecule has 0 fully saturated rings. The van der Waals surface area contributed by atoms with Crippen molar-refractivity contribution in [2.24, 2.45) is 5.73 Å². The van der Waals surface area contributed by atoms with Crippen molar-refractivity contribution in [2.75, 3.05) is 5.83 Å². The van der Waals surface area contributed by atoms with Gasteiger partial charge in [-0.3, -0.25) is 0 Å². The summed E-state index contributed by atoms with van der Waals surface area (Å²) in [6.45, 7) is 0.265. The van der Waals surface area contributed by atoms with Gasteiger partial charge in [-0.05, 0) is 23.5 Å². The van der Waals surface area contributed by atoms with Gasteiger partial charge < -0.3 is 10.7 Å². The van der Waals surface area contributed by atoms with Gasteiger partial charge in [0.05, 0.1) is 24.0 Å². The Morgan fingerprint density at radius 1 is 1.21 bits per heavy atom. The van der Waals surface area contributed by atoms with E-state index in [1.165, 1.54) is 12.1 Å². The molecule has 0 atom stereocenters. The number of H-pyrrole nitrogens is 1. The van der Waals surface area contributed by atoms with Crippen molar-refractivity contribution < 1.29 is 13.2 Å². The summed E-state index contributed by atoms with van der Waals surface area (Å²) < 4.78 is 37.0. The van der Waals surface area contributed by atoms with Gasteiger partial charge in [0.25, 0.3) is 0 Å². The van der Waals surface area contributed by atoms with Crippen molar-refractivity contribution in [3.63, 3.8) is 0 Å². The zero-order valence-corrected chi connectivity index (χ0v) is 11.7. The molecule has 2 rings (SSSR count). The summed E-state index contributed by atoms with van der Waals surface area (Å²) in [6.07, 6.45) is -2.76. The van der Waals surface area contributed by atoms with Crippen LogP contribution in [-0.4, -0.2) is 15.8 Å². The number of imidazole rings is 1. The lowest BCUT2D eigenvalue weighted by Crippen LogP contribution is -2.04. The van der Waals surface area contributed by atoms with Crippen LogP contribution in [0, 0.1) is 0 Å². The first-order valence-corrected chi connectivity index (χ1v) is 6.88. The molecule has 2 aromatic rings. The molecule has 0 amide bonds. The molecule has 19 heavy (non-hydrogen) atoms. The fraction of sp³-hybridized carbons (Fsp3) is 0.250. The van der Waals surface area contributed by atoms with Crippen LogP contribution in [0.3, 0.4) is 0 Å². The minimum Gasteiger partial charge on any atom is -0.341 e. The monoisotopic (exact) mass is 335 g/mol. The summed E-state index contributed by atoms with van der Waals surface area (Å²) in [6, 6.07) is 4.88. The second kappa shape index (κ2) is 6.72. The van der Waals surface area contributed by atoms with Crippen LogP contribution in [0.15, 0.2) is 30.5 Å². The van der Waals surface area contributed by atoms with Crippen LogP contribution < -0.4 is 5.73 Å². The molecule has 1 heterocycles. The Hall–Kier alpha value is -1.34. The highest BCUT2D eigenvalue weighted by Crippen LogP contribution is 2.30. The van der Waals surface area contributed by atoms with E-state index in [4.69, 9.17) is 5.73 Å². The van der Waals surface area contributed by atoms with E-state index in [1.54, 1.807) is 6.20 Å². The first kappa shape index (κ1) is 15.7. The number of aromatic amines is 1. The van der Waals surface area contributed by atoms with E-state index in [1.807, 2.05) is 5.83 Å². The molecule has 104 valence electrons. The molecule has 0 saturated carbocycles. The Balaban J connectivity index is 0.000000861. The molecule has 0 radical (unpaired) electrons. The highest BCUT2D eigenvalue weighted by Gasteiger charge is 2.29. The number of hydrogen-bond donors (Lipinski definition) is 2. The summed E-state index contributed by atoms with van der Waals surface area (Å²) in [4.78, 5) is 6.90. The number of hydrogen-bond acceptors (Lipinski definition) is 2. The topological polar surface area (TPSA) is 54.7 Å². The second-order valence-corrected chi connectivity index (χ2v) is 3.52. The predicted molar refractivity (Wildman–Crippen MR) is 71.8 cm³/mol. The number of nitrogens with one attached hydrogen (secondary N) is 1. The van der Waals surface area contributed by atoms with E-state index in [0.29, 0.717) is 17.1 Å². The fourth-order valence-corrected chi connectivity index (χ4v) is 1.45. The fourth-order valence-electron chi connectivity index (χ4n) is 1.45. The molecule has 0 unspecified atom stereocenters. The van der Waals surface area contributed by atoms with Crippen molar-refractivity contribution in [3.05, 3.63) is 41.9 Å². The van der Waals surface area contributed by atoms with Crippen molar-refractivity contribution in [1.29, 1.82) is 0 Å². The molecule has 3 N–H and O–H groups in total. The number of aromatic nitrogens is 2. The maximum Gasteiger partial charge on any atom is 0.416 e. The molecule has 7 heteroatoms. The minimum atomic E-state index is -4.31. The standard InChI is InChI=1S/C11H10F3N3.CH3Br/c12-11(13,14)8-3-1-7(2-4-8)9-6-16-10(5-15)17-9;1-2/h1-4,6H,5,15H2,(H,16,17);1H3. The maximum absolute atomic E-state index is 12.3. The van der Waals surface area contributed by atoms with Crippen LogP contribution in [0.1, 0.15) is 11.4 Å². The minimum absolute atomic E-state index is 0.265. The van der Waals surface area contributed by atoms with Crippen LogP contribution in [-0.2, 0) is 12.7 Å². The molecular formula is C12H13BrF3N3. The molecule has 0 aliphatic carbocycles. The summed E-state index contributed by atoms with van der Waals surface area (Å²) in [5.41, 5.74) is 6.01. The zero-order chi connectivity index (χ0) is 14.5. The number of benzene rings is 1. The van der Waals surface area contributed by atoms with Crippen molar-refractivity contribution >= 4 is 15.9 Å². The molecule has 1 aromatic carbocycles. The average molecular weight is 336 g/mol. The number of nitrogens with two attached hydrogens (primary N) is 1. The zero-order valence-electron chi connectivity index (χ0n) is 10.1. The summed E-state index contributed by atoms with van der Waals surface area (Å²) in [7, 11) is 0. The molecule has 0 aliphatic heterocycles. The van der Waals surface area contributed by atoms with Crippen LogP contribution in [0.5, 0.6) is 0 Å². The van der Waals surface area contributed by atoms with Crippen molar-refractivity contribution in [2.45, 2.75) is 12.7 Å². The average Bonchev–Trinajstić information content (AvgIpc) is 2.89. The summed E-state index contributed by atoms with van der Waals surface area (Å²) in [5.74, 6) is 2.41. The molecule has 0 spiro atoms. The van der Waals surface area contributed by atoms with Crippen molar-refractivity contribution in [3.8, 4) is 11.3 Å². The maximum atomic E-state index is 12.3. The van der Waals surface area contributed by atoms with Gasteiger partial charge in [-0.15, -0.1) is 0 Å². The third-order valence-electron chi connectivity index (χ3n) is 2.35. The Morgan fingerprint density at radius 3 is 2.21 bits per heavy atom.